The molecule has 2 aromatic rings. The number of hydrogen-bond donors (Lipinski definition) is 1. The lowest BCUT2D eigenvalue weighted by Gasteiger charge is -2.31. The fourth-order valence-corrected chi connectivity index (χ4v) is 3.89. The standard InChI is InChI=1S/C15H17Br2N3/c1-9-7-11(16)8-12-14(9)19-10(2)13(17)15(12)20-5-3-18-4-6-20/h7-8,18H,3-6H2,1-2H3. The molecule has 3 rings (SSSR count). The number of piperazine rings is 1. The lowest BCUT2D eigenvalue weighted by molar-refractivity contribution is 0.589. The van der Waals surface area contributed by atoms with Gasteiger partial charge in [0.05, 0.1) is 21.4 Å². The zero-order chi connectivity index (χ0) is 14.3. The van der Waals surface area contributed by atoms with Gasteiger partial charge < -0.3 is 10.2 Å². The van der Waals surface area contributed by atoms with Crippen LogP contribution in [0.3, 0.4) is 0 Å². The van der Waals surface area contributed by atoms with Crippen LogP contribution in [-0.2, 0) is 0 Å². The molecule has 20 heavy (non-hydrogen) atoms. The summed E-state index contributed by atoms with van der Waals surface area (Å²) < 4.78 is 2.22. The van der Waals surface area contributed by atoms with Crippen LogP contribution in [0.15, 0.2) is 21.1 Å². The summed E-state index contributed by atoms with van der Waals surface area (Å²) >= 11 is 7.36. The topological polar surface area (TPSA) is 28.2 Å². The molecule has 0 bridgehead atoms. The lowest BCUT2D eigenvalue weighted by Crippen LogP contribution is -2.43. The van der Waals surface area contributed by atoms with Crippen molar-refractivity contribution in [2.75, 3.05) is 31.1 Å². The summed E-state index contributed by atoms with van der Waals surface area (Å²) in [6.45, 7) is 8.31. The maximum Gasteiger partial charge on any atom is 0.0756 e. The molecule has 1 aromatic carbocycles. The molecule has 5 heteroatoms. The molecule has 0 atom stereocenters. The second kappa shape index (κ2) is 5.62. The molecular weight excluding hydrogens is 382 g/mol. The van der Waals surface area contributed by atoms with E-state index in [-0.39, 0.29) is 0 Å². The molecular formula is C15H17Br2N3. The molecule has 106 valence electrons. The van der Waals surface area contributed by atoms with Crippen LogP contribution in [-0.4, -0.2) is 31.2 Å². The van der Waals surface area contributed by atoms with Crippen molar-refractivity contribution in [3.05, 3.63) is 32.3 Å². The monoisotopic (exact) mass is 397 g/mol. The third kappa shape index (κ3) is 2.47. The van der Waals surface area contributed by atoms with Crippen LogP contribution in [0.4, 0.5) is 5.69 Å². The Kier molecular flexibility index (Phi) is 4.02. The summed E-state index contributed by atoms with van der Waals surface area (Å²) in [6, 6.07) is 4.31. The van der Waals surface area contributed by atoms with Crippen molar-refractivity contribution in [3.63, 3.8) is 0 Å². The SMILES string of the molecule is Cc1nc2c(C)cc(Br)cc2c(N2CCNCC2)c1Br. The van der Waals surface area contributed by atoms with Gasteiger partial charge in [0.25, 0.3) is 0 Å². The number of aryl methyl sites for hydroxylation is 2. The second-order valence-corrected chi connectivity index (χ2v) is 6.92. The summed E-state index contributed by atoms with van der Waals surface area (Å²) in [5, 5.41) is 4.63. The highest BCUT2D eigenvalue weighted by atomic mass is 79.9. The molecule has 0 spiro atoms. The maximum atomic E-state index is 4.76. The minimum absolute atomic E-state index is 1.03. The zero-order valence-electron chi connectivity index (χ0n) is 11.6. The van der Waals surface area contributed by atoms with Crippen molar-refractivity contribution in [3.8, 4) is 0 Å². The van der Waals surface area contributed by atoms with E-state index in [1.807, 2.05) is 0 Å². The van der Waals surface area contributed by atoms with E-state index in [4.69, 9.17) is 4.98 Å². The quantitative estimate of drug-likeness (QED) is 0.792. The minimum atomic E-state index is 1.03. The Morgan fingerprint density at radius 1 is 1.15 bits per heavy atom. The molecule has 0 saturated carbocycles. The average Bonchev–Trinajstić information content (AvgIpc) is 2.42. The van der Waals surface area contributed by atoms with Crippen LogP contribution in [0.25, 0.3) is 10.9 Å². The van der Waals surface area contributed by atoms with Crippen LogP contribution in [0.2, 0.25) is 0 Å². The Balaban J connectivity index is 2.29. The highest BCUT2D eigenvalue weighted by Gasteiger charge is 2.19. The number of nitrogens with one attached hydrogen (secondary N) is 1. The first-order chi connectivity index (χ1) is 9.58. The Bertz CT molecular complexity index is 664. The summed E-state index contributed by atoms with van der Waals surface area (Å²) in [6.07, 6.45) is 0. The molecule has 3 nitrogen and oxygen atoms in total. The van der Waals surface area contributed by atoms with Gasteiger partial charge in [-0.05, 0) is 47.5 Å². The molecule has 1 aromatic heterocycles. The Morgan fingerprint density at radius 3 is 2.55 bits per heavy atom. The van der Waals surface area contributed by atoms with Gasteiger partial charge in [0.15, 0.2) is 0 Å². The molecule has 1 aliphatic heterocycles. The van der Waals surface area contributed by atoms with E-state index in [2.05, 4.69) is 68.1 Å². The summed E-state index contributed by atoms with van der Waals surface area (Å²) in [5.74, 6) is 0. The number of aromatic nitrogens is 1. The number of pyridine rings is 1. The second-order valence-electron chi connectivity index (χ2n) is 5.22. The molecule has 2 heterocycles. The fourth-order valence-electron chi connectivity index (χ4n) is 2.77. The van der Waals surface area contributed by atoms with Gasteiger partial charge in [0.1, 0.15) is 0 Å². The first-order valence-electron chi connectivity index (χ1n) is 6.79. The average molecular weight is 399 g/mol. The summed E-state index contributed by atoms with van der Waals surface area (Å²) in [5.41, 5.74) is 4.64. The maximum absolute atomic E-state index is 4.76. The van der Waals surface area contributed by atoms with E-state index < -0.39 is 0 Å². The van der Waals surface area contributed by atoms with Gasteiger partial charge >= 0.3 is 0 Å². The number of halogens is 2. The molecule has 1 N–H and O–H groups in total. The number of rotatable bonds is 1. The van der Waals surface area contributed by atoms with Crippen molar-refractivity contribution in [1.82, 2.24) is 10.3 Å². The number of hydrogen-bond acceptors (Lipinski definition) is 3. The minimum Gasteiger partial charge on any atom is -0.367 e. The predicted octanol–water partition coefficient (Wildman–Crippen LogP) is 3.79. The van der Waals surface area contributed by atoms with Crippen molar-refractivity contribution in [2.45, 2.75) is 13.8 Å². The number of fused-ring (bicyclic) bond motifs is 1. The van der Waals surface area contributed by atoms with Gasteiger partial charge in [-0.3, -0.25) is 4.98 Å². The van der Waals surface area contributed by atoms with Gasteiger partial charge in [-0.2, -0.15) is 0 Å². The number of benzene rings is 1. The van der Waals surface area contributed by atoms with E-state index >= 15 is 0 Å². The van der Waals surface area contributed by atoms with Crippen LogP contribution < -0.4 is 10.2 Å². The van der Waals surface area contributed by atoms with E-state index in [9.17, 15) is 0 Å². The van der Waals surface area contributed by atoms with Crippen molar-refractivity contribution < 1.29 is 0 Å². The first-order valence-corrected chi connectivity index (χ1v) is 8.38. The molecule has 0 radical (unpaired) electrons. The van der Waals surface area contributed by atoms with Crippen LogP contribution in [0.1, 0.15) is 11.3 Å². The third-order valence-electron chi connectivity index (χ3n) is 3.76. The Hall–Kier alpha value is -0.650. The molecule has 0 aliphatic carbocycles. The first kappa shape index (κ1) is 14.3. The van der Waals surface area contributed by atoms with E-state index in [1.54, 1.807) is 0 Å². The highest BCUT2D eigenvalue weighted by molar-refractivity contribution is 9.11. The molecule has 0 unspecified atom stereocenters. The fraction of sp³-hybridized carbons (Fsp3) is 0.400. The number of nitrogens with zero attached hydrogens (tertiary/aromatic N) is 2. The van der Waals surface area contributed by atoms with Gasteiger partial charge in [-0.1, -0.05) is 15.9 Å². The normalized spacial score (nSPS) is 15.9. The summed E-state index contributed by atoms with van der Waals surface area (Å²) in [4.78, 5) is 7.21. The van der Waals surface area contributed by atoms with E-state index in [0.29, 0.717) is 0 Å². The van der Waals surface area contributed by atoms with Gasteiger partial charge in [-0.25, -0.2) is 0 Å². The predicted molar refractivity (Wildman–Crippen MR) is 91.7 cm³/mol. The molecule has 1 aliphatic rings. The molecule has 1 saturated heterocycles. The van der Waals surface area contributed by atoms with Gasteiger partial charge in [0, 0.05) is 36.0 Å². The zero-order valence-corrected chi connectivity index (χ0v) is 14.8. The number of anilines is 1. The molecule has 1 fully saturated rings. The van der Waals surface area contributed by atoms with Crippen LogP contribution >= 0.6 is 31.9 Å². The third-order valence-corrected chi connectivity index (χ3v) is 5.17. The van der Waals surface area contributed by atoms with Crippen LogP contribution in [0.5, 0.6) is 0 Å². The van der Waals surface area contributed by atoms with Gasteiger partial charge in [-0.15, -0.1) is 0 Å². The highest BCUT2D eigenvalue weighted by Crippen LogP contribution is 2.38. The van der Waals surface area contributed by atoms with E-state index in [0.717, 1.165) is 46.3 Å². The summed E-state index contributed by atoms with van der Waals surface area (Å²) in [7, 11) is 0. The Morgan fingerprint density at radius 2 is 1.85 bits per heavy atom. The van der Waals surface area contributed by atoms with Crippen molar-refractivity contribution in [1.29, 1.82) is 0 Å². The lowest BCUT2D eigenvalue weighted by atomic mass is 10.1. The van der Waals surface area contributed by atoms with Crippen LogP contribution in [0, 0.1) is 13.8 Å². The molecule has 0 amide bonds. The smallest absolute Gasteiger partial charge is 0.0756 e. The Labute approximate surface area is 136 Å². The van der Waals surface area contributed by atoms with E-state index in [1.165, 1.54) is 16.6 Å². The van der Waals surface area contributed by atoms with Gasteiger partial charge in [0.2, 0.25) is 0 Å². The largest absolute Gasteiger partial charge is 0.367 e. The van der Waals surface area contributed by atoms with Crippen molar-refractivity contribution in [2.24, 2.45) is 0 Å². The van der Waals surface area contributed by atoms with Crippen molar-refractivity contribution >= 4 is 48.5 Å².